The van der Waals surface area contributed by atoms with Crippen molar-refractivity contribution in [2.75, 3.05) is 31.6 Å². The number of aryl methyl sites for hydroxylation is 2. The zero-order chi connectivity index (χ0) is 13.1. The number of aromatic nitrogens is 2. The highest BCUT2D eigenvalue weighted by Crippen LogP contribution is 2.27. The van der Waals surface area contributed by atoms with Crippen LogP contribution in [0, 0.1) is 6.92 Å². The van der Waals surface area contributed by atoms with Crippen molar-refractivity contribution in [1.82, 2.24) is 15.1 Å². The van der Waals surface area contributed by atoms with E-state index in [9.17, 15) is 0 Å². The average Bonchev–Trinajstić information content (AvgIpc) is 2.91. The van der Waals surface area contributed by atoms with Gasteiger partial charge in [0.15, 0.2) is 0 Å². The van der Waals surface area contributed by atoms with Crippen molar-refractivity contribution in [3.63, 3.8) is 0 Å². The molecule has 0 saturated carbocycles. The summed E-state index contributed by atoms with van der Waals surface area (Å²) < 4.78 is 7.44. The van der Waals surface area contributed by atoms with Crippen LogP contribution in [0.1, 0.15) is 24.6 Å². The highest BCUT2D eigenvalue weighted by molar-refractivity contribution is 5.51. The van der Waals surface area contributed by atoms with Gasteiger partial charge in [-0.15, -0.1) is 0 Å². The monoisotopic (exact) mass is 252 g/mol. The van der Waals surface area contributed by atoms with Gasteiger partial charge in [0.05, 0.1) is 11.8 Å². The number of nitrogens with one attached hydrogen (secondary N) is 1. The summed E-state index contributed by atoms with van der Waals surface area (Å²) >= 11 is 0. The number of nitrogens with zero attached hydrogens (tertiary/aromatic N) is 3. The molecule has 5 nitrogen and oxygen atoms in total. The van der Waals surface area contributed by atoms with Crippen LogP contribution in [0.15, 0.2) is 0 Å². The molecule has 0 spiro atoms. The summed E-state index contributed by atoms with van der Waals surface area (Å²) in [6.07, 6.45) is 1.45. The number of ether oxygens (including phenoxy) is 1. The van der Waals surface area contributed by atoms with E-state index in [-0.39, 0.29) is 0 Å². The van der Waals surface area contributed by atoms with Gasteiger partial charge >= 0.3 is 0 Å². The van der Waals surface area contributed by atoms with Crippen molar-refractivity contribution >= 4 is 5.82 Å². The molecule has 5 heteroatoms. The largest absolute Gasteiger partial charge is 0.380 e. The summed E-state index contributed by atoms with van der Waals surface area (Å²) in [5.41, 5.74) is 2.44. The molecular formula is C13H24N4O. The van der Waals surface area contributed by atoms with Crippen molar-refractivity contribution in [2.45, 2.75) is 32.9 Å². The summed E-state index contributed by atoms with van der Waals surface area (Å²) in [6, 6.07) is 0. The Kier molecular flexibility index (Phi) is 4.24. The molecule has 0 amide bonds. The molecule has 1 unspecified atom stereocenters. The first kappa shape index (κ1) is 13.4. The normalized spacial score (nSPS) is 19.8. The second-order valence-electron chi connectivity index (χ2n) is 4.88. The predicted octanol–water partition coefficient (Wildman–Crippen LogP) is 1.06. The Balaban J connectivity index is 2.20. The highest BCUT2D eigenvalue weighted by atomic mass is 16.5. The molecule has 0 bridgehead atoms. The van der Waals surface area contributed by atoms with Gasteiger partial charge in [-0.05, 0) is 19.9 Å². The Morgan fingerprint density at radius 3 is 2.89 bits per heavy atom. The molecule has 1 aromatic heterocycles. The first-order valence-corrected chi connectivity index (χ1v) is 6.68. The van der Waals surface area contributed by atoms with Crippen molar-refractivity contribution in [1.29, 1.82) is 0 Å². The fourth-order valence-electron chi connectivity index (χ4n) is 2.66. The standard InChI is InChI=1S/C13H24N4O/c1-5-14-8-12-10(2)15-16(3)13(12)17-7-6-11(9-17)18-4/h11,14H,5-9H2,1-4H3. The third-order valence-corrected chi connectivity index (χ3v) is 3.64. The van der Waals surface area contributed by atoms with Gasteiger partial charge < -0.3 is 15.0 Å². The first-order chi connectivity index (χ1) is 8.67. The maximum Gasteiger partial charge on any atom is 0.131 e. The van der Waals surface area contributed by atoms with Gasteiger partial charge in [-0.1, -0.05) is 6.92 Å². The van der Waals surface area contributed by atoms with E-state index in [4.69, 9.17) is 4.74 Å². The maximum atomic E-state index is 5.44. The molecule has 0 aliphatic carbocycles. The molecule has 0 aromatic carbocycles. The van der Waals surface area contributed by atoms with Gasteiger partial charge in [-0.3, -0.25) is 4.68 Å². The lowest BCUT2D eigenvalue weighted by Gasteiger charge is -2.20. The van der Waals surface area contributed by atoms with E-state index in [1.807, 2.05) is 11.7 Å². The summed E-state index contributed by atoms with van der Waals surface area (Å²) in [5, 5.41) is 7.95. The smallest absolute Gasteiger partial charge is 0.131 e. The molecule has 2 rings (SSSR count). The molecule has 1 N–H and O–H groups in total. The molecule has 18 heavy (non-hydrogen) atoms. The minimum Gasteiger partial charge on any atom is -0.380 e. The van der Waals surface area contributed by atoms with Gasteiger partial charge in [-0.2, -0.15) is 5.10 Å². The summed E-state index contributed by atoms with van der Waals surface area (Å²) in [4.78, 5) is 2.39. The quantitative estimate of drug-likeness (QED) is 0.851. The SMILES string of the molecule is CCNCc1c(C)nn(C)c1N1CCC(OC)C1. The van der Waals surface area contributed by atoms with Crippen LogP contribution in [0.5, 0.6) is 0 Å². The molecular weight excluding hydrogens is 228 g/mol. The van der Waals surface area contributed by atoms with Crippen molar-refractivity contribution in [3.8, 4) is 0 Å². The third-order valence-electron chi connectivity index (χ3n) is 3.64. The Bertz CT molecular complexity index is 402. The van der Waals surface area contributed by atoms with Gasteiger partial charge in [-0.25, -0.2) is 0 Å². The van der Waals surface area contributed by atoms with Gasteiger partial charge in [0, 0.05) is 39.4 Å². The van der Waals surface area contributed by atoms with Crippen LogP contribution in [-0.2, 0) is 18.3 Å². The Morgan fingerprint density at radius 2 is 2.28 bits per heavy atom. The van der Waals surface area contributed by atoms with E-state index in [2.05, 4.69) is 29.2 Å². The second kappa shape index (κ2) is 5.71. The summed E-state index contributed by atoms with van der Waals surface area (Å²) in [7, 11) is 3.82. The topological polar surface area (TPSA) is 42.3 Å². The molecule has 1 fully saturated rings. The molecule has 1 aliphatic heterocycles. The molecule has 1 aromatic rings. The number of anilines is 1. The lowest BCUT2D eigenvalue weighted by molar-refractivity contribution is 0.121. The van der Waals surface area contributed by atoms with E-state index in [0.717, 1.165) is 38.3 Å². The van der Waals surface area contributed by atoms with E-state index >= 15 is 0 Å². The van der Waals surface area contributed by atoms with Gasteiger partial charge in [0.25, 0.3) is 0 Å². The van der Waals surface area contributed by atoms with Crippen LogP contribution in [0.3, 0.4) is 0 Å². The van der Waals surface area contributed by atoms with Gasteiger partial charge in [0.1, 0.15) is 5.82 Å². The number of hydrogen-bond acceptors (Lipinski definition) is 4. The Labute approximate surface area is 109 Å². The Morgan fingerprint density at radius 1 is 1.50 bits per heavy atom. The van der Waals surface area contributed by atoms with Crippen molar-refractivity contribution in [2.24, 2.45) is 7.05 Å². The highest BCUT2D eigenvalue weighted by Gasteiger charge is 2.27. The van der Waals surface area contributed by atoms with Crippen molar-refractivity contribution in [3.05, 3.63) is 11.3 Å². The van der Waals surface area contributed by atoms with Crippen LogP contribution in [-0.4, -0.2) is 42.6 Å². The molecule has 2 heterocycles. The maximum absolute atomic E-state index is 5.44. The zero-order valence-corrected chi connectivity index (χ0v) is 11.9. The second-order valence-corrected chi connectivity index (χ2v) is 4.88. The number of rotatable bonds is 5. The predicted molar refractivity (Wildman–Crippen MR) is 73.0 cm³/mol. The molecule has 1 aliphatic rings. The van der Waals surface area contributed by atoms with E-state index in [1.54, 1.807) is 7.11 Å². The Hall–Kier alpha value is -1.07. The van der Waals surface area contributed by atoms with E-state index < -0.39 is 0 Å². The first-order valence-electron chi connectivity index (χ1n) is 6.68. The molecule has 1 saturated heterocycles. The minimum atomic E-state index is 0.354. The molecule has 102 valence electrons. The molecule has 0 radical (unpaired) electrons. The van der Waals surface area contributed by atoms with Crippen LogP contribution in [0.25, 0.3) is 0 Å². The average molecular weight is 252 g/mol. The van der Waals surface area contributed by atoms with Crippen LogP contribution in [0.2, 0.25) is 0 Å². The van der Waals surface area contributed by atoms with Crippen molar-refractivity contribution < 1.29 is 4.74 Å². The van der Waals surface area contributed by atoms with Crippen LogP contribution >= 0.6 is 0 Å². The number of hydrogen-bond donors (Lipinski definition) is 1. The zero-order valence-electron chi connectivity index (χ0n) is 11.9. The van der Waals surface area contributed by atoms with Crippen LogP contribution in [0.4, 0.5) is 5.82 Å². The lowest BCUT2D eigenvalue weighted by Crippen LogP contribution is -2.26. The molecule has 1 atom stereocenters. The fraction of sp³-hybridized carbons (Fsp3) is 0.769. The van der Waals surface area contributed by atoms with E-state index in [0.29, 0.717) is 6.10 Å². The van der Waals surface area contributed by atoms with E-state index in [1.165, 1.54) is 11.4 Å². The third kappa shape index (κ3) is 2.52. The minimum absolute atomic E-state index is 0.354. The summed E-state index contributed by atoms with van der Waals surface area (Å²) in [6.45, 7) is 8.10. The fourth-order valence-corrected chi connectivity index (χ4v) is 2.66. The summed E-state index contributed by atoms with van der Waals surface area (Å²) in [5.74, 6) is 1.24. The lowest BCUT2D eigenvalue weighted by atomic mass is 10.2. The van der Waals surface area contributed by atoms with Crippen LogP contribution < -0.4 is 10.2 Å². The van der Waals surface area contributed by atoms with Gasteiger partial charge in [0.2, 0.25) is 0 Å². The number of methoxy groups -OCH3 is 1.